The lowest BCUT2D eigenvalue weighted by atomic mass is 9.92. The zero-order valence-corrected chi connectivity index (χ0v) is 12.1. The lowest BCUT2D eigenvalue weighted by Crippen LogP contribution is -2.44. The minimum absolute atomic E-state index is 0.00216. The van der Waals surface area contributed by atoms with Gasteiger partial charge in [-0.3, -0.25) is 10.1 Å². The molecule has 3 rings (SSSR count). The van der Waals surface area contributed by atoms with Crippen LogP contribution in [0.4, 0.5) is 0 Å². The van der Waals surface area contributed by atoms with E-state index in [0.29, 0.717) is 0 Å². The zero-order valence-electron chi connectivity index (χ0n) is 11.2. The molecule has 1 saturated carbocycles. The number of benzene rings is 1. The molecule has 1 heterocycles. The van der Waals surface area contributed by atoms with Crippen LogP contribution in [0.1, 0.15) is 24.0 Å². The molecular formula is C15H20N2OS. The molecule has 0 radical (unpaired) electrons. The Bertz CT molecular complexity index is 479. The third kappa shape index (κ3) is 2.65. The summed E-state index contributed by atoms with van der Waals surface area (Å²) < 4.78 is 0. The van der Waals surface area contributed by atoms with Crippen molar-refractivity contribution in [2.75, 3.05) is 18.2 Å². The van der Waals surface area contributed by atoms with Gasteiger partial charge in [0.25, 0.3) is 0 Å². The number of carbonyl (C=O) groups excluding carboxylic acids is 1. The molecule has 1 aliphatic carbocycles. The molecule has 3 nitrogen and oxygen atoms in total. The summed E-state index contributed by atoms with van der Waals surface area (Å²) in [5.74, 6) is 1.94. The number of amides is 1. The summed E-state index contributed by atoms with van der Waals surface area (Å²) in [6.45, 7) is 2.94. The van der Waals surface area contributed by atoms with E-state index in [1.54, 1.807) is 11.8 Å². The number of thioether (sulfide) groups is 1. The van der Waals surface area contributed by atoms with E-state index >= 15 is 0 Å². The summed E-state index contributed by atoms with van der Waals surface area (Å²) >= 11 is 1.79. The second kappa shape index (κ2) is 5.17. The van der Waals surface area contributed by atoms with Crippen molar-refractivity contribution in [3.63, 3.8) is 0 Å². The average molecular weight is 276 g/mol. The quantitative estimate of drug-likeness (QED) is 0.881. The number of nitrogens with one attached hydrogen (secondary N) is 2. The molecule has 1 unspecified atom stereocenters. The van der Waals surface area contributed by atoms with Gasteiger partial charge in [0.1, 0.15) is 0 Å². The van der Waals surface area contributed by atoms with Crippen molar-refractivity contribution in [2.45, 2.75) is 31.2 Å². The molecule has 1 amide bonds. The first-order chi connectivity index (χ1) is 9.21. The Labute approximate surface area is 118 Å². The molecule has 2 N–H and O–H groups in total. The minimum atomic E-state index is -0.00216. The van der Waals surface area contributed by atoms with Crippen molar-refractivity contribution in [1.29, 1.82) is 0 Å². The van der Waals surface area contributed by atoms with Gasteiger partial charge in [-0.25, -0.2) is 0 Å². The number of hydrogen-bond donors (Lipinski definition) is 2. The molecular weight excluding hydrogens is 256 g/mol. The first-order valence-corrected chi connectivity index (χ1v) is 8.02. The highest BCUT2D eigenvalue weighted by molar-refractivity contribution is 7.99. The van der Waals surface area contributed by atoms with Crippen molar-refractivity contribution in [3.8, 4) is 0 Å². The van der Waals surface area contributed by atoms with E-state index in [0.717, 1.165) is 18.2 Å². The van der Waals surface area contributed by atoms with Gasteiger partial charge in [-0.1, -0.05) is 24.3 Å². The van der Waals surface area contributed by atoms with Crippen LogP contribution in [0, 0.1) is 6.92 Å². The maximum Gasteiger partial charge on any atom is 0.238 e. The smallest absolute Gasteiger partial charge is 0.238 e. The molecule has 19 heavy (non-hydrogen) atoms. The highest BCUT2D eigenvalue weighted by atomic mass is 32.2. The summed E-state index contributed by atoms with van der Waals surface area (Å²) in [6.07, 6.45) is 2.37. The molecule has 1 aromatic rings. The summed E-state index contributed by atoms with van der Waals surface area (Å²) in [5.41, 5.74) is 2.94. The minimum Gasteiger partial charge on any atom is -0.354 e. The highest BCUT2D eigenvalue weighted by Gasteiger charge is 2.45. The molecule has 0 spiro atoms. The first kappa shape index (κ1) is 13.0. The second-order valence-corrected chi connectivity index (χ2v) is 6.62. The van der Waals surface area contributed by atoms with Crippen LogP contribution >= 0.6 is 11.8 Å². The van der Waals surface area contributed by atoms with Crippen LogP contribution in [-0.4, -0.2) is 30.1 Å². The maximum atomic E-state index is 12.0. The molecule has 0 aromatic heterocycles. The van der Waals surface area contributed by atoms with E-state index in [1.165, 1.54) is 24.0 Å². The highest BCUT2D eigenvalue weighted by Crippen LogP contribution is 2.48. The Balaban J connectivity index is 1.63. The fraction of sp³-hybridized carbons (Fsp3) is 0.533. The first-order valence-electron chi connectivity index (χ1n) is 6.86. The normalized spacial score (nSPS) is 24.2. The van der Waals surface area contributed by atoms with Gasteiger partial charge >= 0.3 is 0 Å². The molecule has 102 valence electrons. The van der Waals surface area contributed by atoms with Crippen molar-refractivity contribution in [1.82, 2.24) is 10.6 Å². The summed E-state index contributed by atoms with van der Waals surface area (Å²) in [6, 6.07) is 8.54. The number of aryl methyl sites for hydroxylation is 1. The summed E-state index contributed by atoms with van der Waals surface area (Å²) in [4.78, 5) is 12.0. The fourth-order valence-corrected chi connectivity index (χ4v) is 3.75. The lowest BCUT2D eigenvalue weighted by molar-refractivity contribution is -0.122. The third-order valence-corrected chi connectivity index (χ3v) is 5.14. The zero-order chi connectivity index (χ0) is 13.3. The topological polar surface area (TPSA) is 41.1 Å². The molecule has 1 saturated heterocycles. The van der Waals surface area contributed by atoms with Gasteiger partial charge in [0.2, 0.25) is 5.91 Å². The van der Waals surface area contributed by atoms with E-state index in [1.807, 2.05) is 0 Å². The molecule has 2 aliphatic rings. The molecule has 1 aromatic carbocycles. The van der Waals surface area contributed by atoms with Crippen LogP contribution in [0.25, 0.3) is 0 Å². The summed E-state index contributed by atoms with van der Waals surface area (Å²) in [5, 5.41) is 6.35. The molecule has 2 fully saturated rings. The average Bonchev–Trinajstić information content (AvgIpc) is 3.00. The van der Waals surface area contributed by atoms with Crippen molar-refractivity contribution in [3.05, 3.63) is 35.4 Å². The number of carbonyl (C=O) groups is 1. The van der Waals surface area contributed by atoms with Gasteiger partial charge in [-0.05, 0) is 30.9 Å². The third-order valence-electron chi connectivity index (χ3n) is 4.20. The molecule has 0 bridgehead atoms. The fourth-order valence-electron chi connectivity index (χ4n) is 2.80. The van der Waals surface area contributed by atoms with Crippen LogP contribution in [0.15, 0.2) is 24.3 Å². The second-order valence-electron chi connectivity index (χ2n) is 5.58. The van der Waals surface area contributed by atoms with Crippen molar-refractivity contribution >= 4 is 17.7 Å². The van der Waals surface area contributed by atoms with Gasteiger partial charge in [0.15, 0.2) is 0 Å². The van der Waals surface area contributed by atoms with Gasteiger partial charge in [0, 0.05) is 23.6 Å². The largest absolute Gasteiger partial charge is 0.354 e. The standard InChI is InChI=1S/C15H20N2OS/c1-11-4-2-3-5-12(11)15(6-7-15)9-16-14(18)13-8-19-10-17-13/h2-5,13,17H,6-10H2,1H3,(H,16,18). The van der Waals surface area contributed by atoms with Gasteiger partial charge in [-0.15, -0.1) is 11.8 Å². The van der Waals surface area contributed by atoms with Crippen molar-refractivity contribution < 1.29 is 4.79 Å². The molecule has 4 heteroatoms. The maximum absolute atomic E-state index is 12.0. The Morgan fingerprint density at radius 1 is 1.47 bits per heavy atom. The van der Waals surface area contributed by atoms with Crippen molar-refractivity contribution in [2.24, 2.45) is 0 Å². The Morgan fingerprint density at radius 3 is 2.89 bits per heavy atom. The van der Waals surface area contributed by atoms with E-state index in [2.05, 4.69) is 41.8 Å². The van der Waals surface area contributed by atoms with Gasteiger partial charge in [-0.2, -0.15) is 0 Å². The van der Waals surface area contributed by atoms with E-state index in [-0.39, 0.29) is 17.4 Å². The Hall–Kier alpha value is -1.000. The van der Waals surface area contributed by atoms with Crippen LogP contribution in [0.2, 0.25) is 0 Å². The molecule has 1 aliphatic heterocycles. The number of rotatable bonds is 4. The predicted molar refractivity (Wildman–Crippen MR) is 79.3 cm³/mol. The predicted octanol–water partition coefficient (Wildman–Crippen LogP) is 1.81. The summed E-state index contributed by atoms with van der Waals surface area (Å²) in [7, 11) is 0. The number of hydrogen-bond acceptors (Lipinski definition) is 3. The Kier molecular flexibility index (Phi) is 3.54. The van der Waals surface area contributed by atoms with Gasteiger partial charge < -0.3 is 5.32 Å². The van der Waals surface area contributed by atoms with Crippen LogP contribution in [0.5, 0.6) is 0 Å². The van der Waals surface area contributed by atoms with E-state index in [4.69, 9.17) is 0 Å². The van der Waals surface area contributed by atoms with Crippen LogP contribution in [-0.2, 0) is 10.2 Å². The molecule has 1 atom stereocenters. The monoisotopic (exact) mass is 276 g/mol. The van der Waals surface area contributed by atoms with E-state index in [9.17, 15) is 4.79 Å². The van der Waals surface area contributed by atoms with Crippen LogP contribution < -0.4 is 10.6 Å². The Morgan fingerprint density at radius 2 is 2.26 bits per heavy atom. The van der Waals surface area contributed by atoms with Crippen LogP contribution in [0.3, 0.4) is 0 Å². The van der Waals surface area contributed by atoms with Gasteiger partial charge in [0.05, 0.1) is 6.04 Å². The SMILES string of the molecule is Cc1ccccc1C1(CNC(=O)C2CSCN2)CC1. The van der Waals surface area contributed by atoms with E-state index < -0.39 is 0 Å². The lowest BCUT2D eigenvalue weighted by Gasteiger charge is -2.20.